The number of benzene rings is 2. The molecule has 1 amide bonds. The molecule has 1 N–H and O–H groups in total. The average molecular weight is 342 g/mol. The highest BCUT2D eigenvalue weighted by Crippen LogP contribution is 2.16. The van der Waals surface area contributed by atoms with Crippen molar-refractivity contribution in [2.75, 3.05) is 0 Å². The number of halogens is 2. The molecule has 0 radical (unpaired) electrons. The van der Waals surface area contributed by atoms with E-state index in [1.165, 1.54) is 24.4 Å². The Balaban J connectivity index is 1.78. The van der Waals surface area contributed by atoms with Crippen LogP contribution in [-0.4, -0.2) is 16.7 Å². The average Bonchev–Trinajstić information content (AvgIpc) is 3.11. The van der Waals surface area contributed by atoms with Crippen LogP contribution in [0.25, 0.3) is 5.69 Å². The van der Waals surface area contributed by atoms with Crippen molar-refractivity contribution in [3.63, 3.8) is 0 Å². The lowest BCUT2D eigenvalue weighted by Gasteiger charge is -2.09. The minimum absolute atomic E-state index is 0.223. The van der Waals surface area contributed by atoms with Gasteiger partial charge in [0.1, 0.15) is 5.82 Å². The topological polar surface area (TPSA) is 46.4 Å². The number of aromatic nitrogens is 1. The number of amides is 1. The molecule has 120 valence electrons. The highest BCUT2D eigenvalue weighted by molar-refractivity contribution is 6.33. The monoisotopic (exact) mass is 341 g/mol. The van der Waals surface area contributed by atoms with Gasteiger partial charge >= 0.3 is 0 Å². The molecule has 0 fully saturated rings. The molecule has 0 aliphatic carbocycles. The Labute approximate surface area is 143 Å². The second-order valence-corrected chi connectivity index (χ2v) is 5.38. The lowest BCUT2D eigenvalue weighted by molar-refractivity contribution is 0.0955. The third kappa shape index (κ3) is 3.52. The van der Waals surface area contributed by atoms with Crippen LogP contribution in [0.1, 0.15) is 15.9 Å². The van der Waals surface area contributed by atoms with E-state index in [4.69, 9.17) is 11.6 Å². The number of hydrogen-bond acceptors (Lipinski definition) is 2. The number of nitrogens with one attached hydrogen (secondary N) is 1. The highest BCUT2D eigenvalue weighted by atomic mass is 35.5. The van der Waals surface area contributed by atoms with Crippen molar-refractivity contribution in [2.45, 2.75) is 0 Å². The predicted molar refractivity (Wildman–Crippen MR) is 92.2 cm³/mol. The van der Waals surface area contributed by atoms with E-state index in [0.29, 0.717) is 11.1 Å². The molecule has 0 saturated heterocycles. The lowest BCUT2D eigenvalue weighted by atomic mass is 10.1. The van der Waals surface area contributed by atoms with Crippen molar-refractivity contribution in [1.82, 2.24) is 9.99 Å². The molecule has 0 unspecified atom stereocenters. The van der Waals surface area contributed by atoms with E-state index in [9.17, 15) is 9.18 Å². The highest BCUT2D eigenvalue weighted by Gasteiger charge is 2.11. The fourth-order valence-electron chi connectivity index (χ4n) is 2.21. The third-order valence-electron chi connectivity index (χ3n) is 3.36. The molecule has 1 heterocycles. The predicted octanol–water partition coefficient (Wildman–Crippen LogP) is 4.03. The van der Waals surface area contributed by atoms with Crippen LogP contribution < -0.4 is 5.43 Å². The van der Waals surface area contributed by atoms with E-state index in [1.807, 2.05) is 41.2 Å². The molecular weight excluding hydrogens is 329 g/mol. The summed E-state index contributed by atoms with van der Waals surface area (Å²) in [5.41, 5.74) is 4.20. The maximum atomic E-state index is 13.0. The van der Waals surface area contributed by atoms with Crippen LogP contribution in [0.2, 0.25) is 5.02 Å². The molecule has 0 atom stereocenters. The van der Waals surface area contributed by atoms with Gasteiger partial charge in [-0.3, -0.25) is 4.79 Å². The van der Waals surface area contributed by atoms with Gasteiger partial charge < -0.3 is 4.57 Å². The van der Waals surface area contributed by atoms with Gasteiger partial charge in [-0.15, -0.1) is 0 Å². The van der Waals surface area contributed by atoms with Crippen LogP contribution in [0.5, 0.6) is 0 Å². The smallest absolute Gasteiger partial charge is 0.273 e. The summed E-state index contributed by atoms with van der Waals surface area (Å²) in [6.07, 6.45) is 5.08. The summed E-state index contributed by atoms with van der Waals surface area (Å²) in [7, 11) is 0. The summed E-state index contributed by atoms with van der Waals surface area (Å²) < 4.78 is 14.8. The second kappa shape index (κ2) is 7.10. The molecule has 0 aliphatic heterocycles. The van der Waals surface area contributed by atoms with Crippen molar-refractivity contribution in [3.05, 3.63) is 89.0 Å². The fourth-order valence-corrected chi connectivity index (χ4v) is 2.43. The summed E-state index contributed by atoms with van der Waals surface area (Å²) in [5, 5.41) is 4.11. The molecule has 0 spiro atoms. The molecular formula is C18H13ClFN3O. The van der Waals surface area contributed by atoms with E-state index in [1.54, 1.807) is 12.1 Å². The lowest BCUT2D eigenvalue weighted by Crippen LogP contribution is -2.19. The first-order valence-electron chi connectivity index (χ1n) is 7.16. The summed E-state index contributed by atoms with van der Waals surface area (Å²) in [5.74, 6) is -0.782. The largest absolute Gasteiger partial charge is 0.323 e. The van der Waals surface area contributed by atoms with Crippen molar-refractivity contribution >= 4 is 23.7 Å². The van der Waals surface area contributed by atoms with E-state index in [2.05, 4.69) is 10.5 Å². The quantitative estimate of drug-likeness (QED) is 0.565. The van der Waals surface area contributed by atoms with Crippen molar-refractivity contribution in [1.29, 1.82) is 0 Å². The first kappa shape index (κ1) is 16.0. The van der Waals surface area contributed by atoms with E-state index >= 15 is 0 Å². The zero-order chi connectivity index (χ0) is 16.9. The summed E-state index contributed by atoms with van der Waals surface area (Å²) in [6.45, 7) is 0. The molecule has 24 heavy (non-hydrogen) atoms. The van der Waals surface area contributed by atoms with Crippen LogP contribution in [0.4, 0.5) is 4.39 Å². The van der Waals surface area contributed by atoms with E-state index in [-0.39, 0.29) is 10.9 Å². The van der Waals surface area contributed by atoms with Crippen LogP contribution in [0, 0.1) is 5.82 Å². The molecule has 1 aromatic heterocycles. The van der Waals surface area contributed by atoms with Crippen molar-refractivity contribution in [3.8, 4) is 5.69 Å². The Morgan fingerprint density at radius 1 is 1.12 bits per heavy atom. The number of hydrazone groups is 1. The number of hydrogen-bond donors (Lipinski definition) is 1. The Hall–Kier alpha value is -2.92. The fraction of sp³-hybridized carbons (Fsp3) is 0. The van der Waals surface area contributed by atoms with Gasteiger partial charge in [0.2, 0.25) is 0 Å². The molecule has 0 aliphatic rings. The van der Waals surface area contributed by atoms with Crippen molar-refractivity contribution < 1.29 is 9.18 Å². The minimum atomic E-state index is -0.429. The van der Waals surface area contributed by atoms with Gasteiger partial charge in [-0.1, -0.05) is 23.7 Å². The Morgan fingerprint density at radius 3 is 2.62 bits per heavy atom. The molecule has 4 nitrogen and oxygen atoms in total. The maximum Gasteiger partial charge on any atom is 0.273 e. The van der Waals surface area contributed by atoms with Gasteiger partial charge in [0.05, 0.1) is 22.5 Å². The molecule has 6 heteroatoms. The first-order chi connectivity index (χ1) is 11.6. The van der Waals surface area contributed by atoms with Gasteiger partial charge in [0, 0.05) is 18.0 Å². The number of carbonyl (C=O) groups is 1. The van der Waals surface area contributed by atoms with Crippen LogP contribution >= 0.6 is 11.6 Å². The first-order valence-corrected chi connectivity index (χ1v) is 7.54. The molecule has 3 aromatic rings. The molecule has 0 saturated carbocycles. The number of carbonyl (C=O) groups excluding carboxylic acids is 1. The maximum absolute atomic E-state index is 13.0. The summed E-state index contributed by atoms with van der Waals surface area (Å²) in [4.78, 5) is 12.4. The number of nitrogens with zero attached hydrogens (tertiary/aromatic N) is 2. The molecule has 3 rings (SSSR count). The second-order valence-electron chi connectivity index (χ2n) is 4.97. The molecule has 2 aromatic carbocycles. The third-order valence-corrected chi connectivity index (χ3v) is 3.69. The van der Waals surface area contributed by atoms with Crippen molar-refractivity contribution in [2.24, 2.45) is 5.10 Å². The van der Waals surface area contributed by atoms with Crippen LogP contribution in [-0.2, 0) is 0 Å². The summed E-state index contributed by atoms with van der Waals surface area (Å²) in [6, 6.07) is 14.9. The Kier molecular flexibility index (Phi) is 4.72. The van der Waals surface area contributed by atoms with E-state index in [0.717, 1.165) is 5.69 Å². The van der Waals surface area contributed by atoms with E-state index < -0.39 is 5.82 Å². The number of para-hydroxylation sites is 1. The van der Waals surface area contributed by atoms with Gasteiger partial charge in [0.25, 0.3) is 5.91 Å². The standard InChI is InChI=1S/C18H13ClFN3O/c19-16-11-14(20)8-7-13(16)12-21-22-18(24)15-5-1-2-6-17(15)23-9-3-4-10-23/h1-12H,(H,22,24). The number of rotatable bonds is 4. The van der Waals surface area contributed by atoms with Gasteiger partial charge in [-0.05, 0) is 42.5 Å². The summed E-state index contributed by atoms with van der Waals surface area (Å²) >= 11 is 5.91. The normalized spacial score (nSPS) is 10.9. The Morgan fingerprint density at radius 2 is 1.88 bits per heavy atom. The van der Waals surface area contributed by atoms with Gasteiger partial charge in [-0.2, -0.15) is 5.10 Å². The zero-order valence-electron chi connectivity index (χ0n) is 12.5. The van der Waals surface area contributed by atoms with Gasteiger partial charge in [0.15, 0.2) is 0 Å². The van der Waals surface area contributed by atoms with Crippen LogP contribution in [0.15, 0.2) is 72.1 Å². The Bertz CT molecular complexity index is 891. The SMILES string of the molecule is O=C(NN=Cc1ccc(F)cc1Cl)c1ccccc1-n1cccc1. The minimum Gasteiger partial charge on any atom is -0.323 e. The van der Waals surface area contributed by atoms with Gasteiger partial charge in [-0.25, -0.2) is 9.82 Å². The van der Waals surface area contributed by atoms with Crippen LogP contribution in [0.3, 0.4) is 0 Å². The molecule has 0 bridgehead atoms. The zero-order valence-corrected chi connectivity index (χ0v) is 13.2.